The number of rotatable bonds is 8. The van der Waals surface area contributed by atoms with E-state index < -0.39 is 12.0 Å². The zero-order valence-corrected chi connectivity index (χ0v) is 21.1. The molecule has 2 atom stereocenters. The van der Waals surface area contributed by atoms with Crippen LogP contribution in [-0.4, -0.2) is 36.2 Å². The van der Waals surface area contributed by atoms with E-state index in [9.17, 15) is 9.59 Å². The van der Waals surface area contributed by atoms with Crippen LogP contribution in [0.5, 0.6) is 5.75 Å². The number of allylic oxidation sites excluding steroid dienone is 1. The van der Waals surface area contributed by atoms with Crippen molar-refractivity contribution in [1.29, 1.82) is 0 Å². The fourth-order valence-corrected chi connectivity index (χ4v) is 5.26. The number of aliphatic imine (C=N–C) groups is 1. The first-order chi connectivity index (χ1) is 17.0. The maximum absolute atomic E-state index is 13.0. The van der Waals surface area contributed by atoms with Crippen molar-refractivity contribution < 1.29 is 19.1 Å². The minimum atomic E-state index is -0.486. The number of nitrogens with one attached hydrogen (secondary N) is 1. The molecule has 0 unspecified atom stereocenters. The second kappa shape index (κ2) is 10.8. The molecule has 0 saturated carbocycles. The summed E-state index contributed by atoms with van der Waals surface area (Å²) in [5.74, 6) is 0.139. The number of fused-ring (bicyclic) bond motifs is 1. The normalized spacial score (nSPS) is 17.8. The predicted octanol–water partition coefficient (Wildman–Crippen LogP) is 5.10. The van der Waals surface area contributed by atoms with Gasteiger partial charge in [-0.05, 0) is 42.0 Å². The highest BCUT2D eigenvalue weighted by Gasteiger charge is 2.41. The molecule has 0 spiro atoms. The van der Waals surface area contributed by atoms with Crippen molar-refractivity contribution in [2.45, 2.75) is 38.8 Å². The van der Waals surface area contributed by atoms with Gasteiger partial charge in [0.25, 0.3) is 0 Å². The molecule has 1 N–H and O–H groups in total. The number of hydrogen-bond donors (Lipinski definition) is 1. The Labute approximate surface area is 209 Å². The second-order valence-electron chi connectivity index (χ2n) is 8.25. The third kappa shape index (κ3) is 5.12. The summed E-state index contributed by atoms with van der Waals surface area (Å²) in [5, 5.41) is 5.75. The van der Waals surface area contributed by atoms with E-state index in [1.54, 1.807) is 7.11 Å². The quantitative estimate of drug-likeness (QED) is 0.518. The second-order valence-corrected chi connectivity index (χ2v) is 9.09. The fourth-order valence-electron chi connectivity index (χ4n) is 4.32. The first kappa shape index (κ1) is 24.6. The summed E-state index contributed by atoms with van der Waals surface area (Å²) in [7, 11) is 2.98. The number of benzene rings is 2. The van der Waals surface area contributed by atoms with Crippen LogP contribution in [0.25, 0.3) is 0 Å². The van der Waals surface area contributed by atoms with Crippen LogP contribution in [-0.2, 0) is 14.3 Å². The van der Waals surface area contributed by atoms with Gasteiger partial charge in [0.05, 0.1) is 44.0 Å². The molecule has 2 aliphatic rings. The van der Waals surface area contributed by atoms with E-state index >= 15 is 0 Å². The summed E-state index contributed by atoms with van der Waals surface area (Å²) >= 11 is 1.46. The molecule has 2 aliphatic heterocycles. The summed E-state index contributed by atoms with van der Waals surface area (Å²) < 4.78 is 10.6. The molecule has 8 heteroatoms. The van der Waals surface area contributed by atoms with Crippen molar-refractivity contribution in [2.24, 2.45) is 4.99 Å². The van der Waals surface area contributed by atoms with E-state index in [0.29, 0.717) is 23.4 Å². The highest BCUT2D eigenvalue weighted by Crippen LogP contribution is 2.45. The Morgan fingerprint density at radius 3 is 2.60 bits per heavy atom. The monoisotopic (exact) mass is 491 g/mol. The topological polar surface area (TPSA) is 80.2 Å². The van der Waals surface area contributed by atoms with Crippen LogP contribution in [0, 0.1) is 0 Å². The van der Waals surface area contributed by atoms with Crippen molar-refractivity contribution in [2.75, 3.05) is 14.2 Å². The number of carbonyl (C=O) groups excluding carboxylic acids is 2. The van der Waals surface area contributed by atoms with E-state index in [2.05, 4.69) is 5.32 Å². The highest BCUT2D eigenvalue weighted by molar-refractivity contribution is 8.16. The van der Waals surface area contributed by atoms with Crippen molar-refractivity contribution in [3.05, 3.63) is 88.1 Å². The third-order valence-electron chi connectivity index (χ3n) is 6.06. The van der Waals surface area contributed by atoms with Crippen LogP contribution in [0.15, 0.2) is 82.0 Å². The van der Waals surface area contributed by atoms with Gasteiger partial charge in [-0.1, -0.05) is 61.2 Å². The molecule has 0 saturated heterocycles. The van der Waals surface area contributed by atoms with E-state index in [-0.39, 0.29) is 18.4 Å². The van der Waals surface area contributed by atoms with Gasteiger partial charge in [0, 0.05) is 5.70 Å². The summed E-state index contributed by atoms with van der Waals surface area (Å²) in [6, 6.07) is 16.8. The van der Waals surface area contributed by atoms with Gasteiger partial charge in [0.2, 0.25) is 5.91 Å². The first-order valence-corrected chi connectivity index (χ1v) is 12.4. The summed E-state index contributed by atoms with van der Waals surface area (Å²) in [5.41, 5.74) is 3.82. The molecular formula is C27H29N3O4S. The fraction of sp³-hybridized carbons (Fsp3) is 0.296. The lowest BCUT2D eigenvalue weighted by molar-refractivity contribution is -0.136. The Kier molecular flexibility index (Phi) is 7.60. The standard InChI is InChI=1S/C27H29N3O4S/c1-5-22-24(26(32)34-4)25(19-12-9-13-21(14-19)33-3)30-20(16-35-27(30)29-22)15-23(31)28-17(2)18-10-7-6-8-11-18/h6-14,16-17,25H,5,15H2,1-4H3,(H,28,31)/t17-,25+/m1/s1. The summed E-state index contributed by atoms with van der Waals surface area (Å²) in [4.78, 5) is 32.8. The number of hydrogen-bond acceptors (Lipinski definition) is 7. The van der Waals surface area contributed by atoms with Crippen molar-refractivity contribution in [1.82, 2.24) is 10.2 Å². The number of methoxy groups -OCH3 is 2. The molecule has 0 aliphatic carbocycles. The van der Waals surface area contributed by atoms with Crippen LogP contribution < -0.4 is 10.1 Å². The lowest BCUT2D eigenvalue weighted by atomic mass is 9.92. The van der Waals surface area contributed by atoms with Crippen molar-refractivity contribution in [3.8, 4) is 5.75 Å². The van der Waals surface area contributed by atoms with Gasteiger partial charge in [0.15, 0.2) is 5.17 Å². The molecular weight excluding hydrogens is 462 g/mol. The smallest absolute Gasteiger partial charge is 0.338 e. The minimum absolute atomic E-state index is 0.108. The Morgan fingerprint density at radius 1 is 1.14 bits per heavy atom. The van der Waals surface area contributed by atoms with Gasteiger partial charge >= 0.3 is 5.97 Å². The summed E-state index contributed by atoms with van der Waals surface area (Å²) in [6.45, 7) is 3.93. The molecule has 2 aromatic rings. The number of amidine groups is 1. The van der Waals surface area contributed by atoms with Gasteiger partial charge in [0.1, 0.15) is 5.75 Å². The SMILES string of the molecule is CCC1=C(C(=O)OC)[C@H](c2cccc(OC)c2)N2C(CC(=O)N[C@H](C)c3ccccc3)=CSC2=N1. The van der Waals surface area contributed by atoms with Gasteiger partial charge in [-0.25, -0.2) is 9.79 Å². The molecule has 0 radical (unpaired) electrons. The Hall–Kier alpha value is -3.52. The number of ether oxygens (including phenoxy) is 2. The maximum Gasteiger partial charge on any atom is 0.338 e. The average Bonchev–Trinajstić information content (AvgIpc) is 3.29. The number of thioether (sulfide) groups is 1. The van der Waals surface area contributed by atoms with Crippen molar-refractivity contribution >= 4 is 28.8 Å². The first-order valence-electron chi connectivity index (χ1n) is 11.5. The molecule has 0 fully saturated rings. The predicted molar refractivity (Wildman–Crippen MR) is 138 cm³/mol. The van der Waals surface area contributed by atoms with Crippen LogP contribution in [0.3, 0.4) is 0 Å². The lowest BCUT2D eigenvalue weighted by Gasteiger charge is -2.36. The van der Waals surface area contributed by atoms with Crippen LogP contribution >= 0.6 is 11.8 Å². The number of nitrogens with zero attached hydrogens (tertiary/aromatic N) is 2. The maximum atomic E-state index is 13.0. The third-order valence-corrected chi connectivity index (χ3v) is 6.95. The van der Waals surface area contributed by atoms with Crippen molar-refractivity contribution in [3.63, 3.8) is 0 Å². The zero-order valence-electron chi connectivity index (χ0n) is 20.3. The molecule has 4 rings (SSSR count). The van der Waals surface area contributed by atoms with E-state index in [0.717, 1.165) is 22.0 Å². The van der Waals surface area contributed by atoms with Gasteiger partial charge in [-0.2, -0.15) is 0 Å². The molecule has 2 aromatic carbocycles. The molecule has 7 nitrogen and oxygen atoms in total. The minimum Gasteiger partial charge on any atom is -0.497 e. The van der Waals surface area contributed by atoms with Gasteiger partial charge in [-0.3, -0.25) is 4.79 Å². The zero-order chi connectivity index (χ0) is 24.9. The number of amides is 1. The van der Waals surface area contributed by atoms with E-state index in [4.69, 9.17) is 14.5 Å². The summed E-state index contributed by atoms with van der Waals surface area (Å²) in [6.07, 6.45) is 0.729. The number of carbonyl (C=O) groups is 2. The van der Waals surface area contributed by atoms with Crippen LogP contribution in [0.4, 0.5) is 0 Å². The lowest BCUT2D eigenvalue weighted by Crippen LogP contribution is -2.38. The van der Waals surface area contributed by atoms with E-state index in [1.807, 2.05) is 78.8 Å². The van der Waals surface area contributed by atoms with Crippen LogP contribution in [0.1, 0.15) is 49.9 Å². The Balaban J connectivity index is 1.66. The Morgan fingerprint density at radius 2 is 1.91 bits per heavy atom. The largest absolute Gasteiger partial charge is 0.497 e. The van der Waals surface area contributed by atoms with E-state index in [1.165, 1.54) is 18.9 Å². The average molecular weight is 492 g/mol. The van der Waals surface area contributed by atoms with Gasteiger partial charge in [-0.15, -0.1) is 0 Å². The molecule has 182 valence electrons. The molecule has 1 amide bonds. The molecule has 0 aromatic heterocycles. The molecule has 35 heavy (non-hydrogen) atoms. The van der Waals surface area contributed by atoms with Gasteiger partial charge < -0.3 is 19.7 Å². The number of esters is 1. The van der Waals surface area contributed by atoms with Crippen LogP contribution in [0.2, 0.25) is 0 Å². The molecule has 0 bridgehead atoms. The highest BCUT2D eigenvalue weighted by atomic mass is 32.2. The molecule has 2 heterocycles. The Bertz CT molecular complexity index is 1210.